The predicted octanol–water partition coefficient (Wildman–Crippen LogP) is 5.67. The van der Waals surface area contributed by atoms with Gasteiger partial charge in [0, 0.05) is 5.56 Å². The molecular formula is C18H21Cl2FN2O4. The largest absolute Gasteiger partial charge is 0.508 e. The summed E-state index contributed by atoms with van der Waals surface area (Å²) in [6.07, 6.45) is 0. The number of hydrogen-bond donors (Lipinski definition) is 3. The molecule has 1 heterocycles. The molecule has 148 valence electrons. The first-order valence-electron chi connectivity index (χ1n) is 7.66. The normalized spacial score (nSPS) is 11.7. The second-order valence-electron chi connectivity index (χ2n) is 5.89. The van der Waals surface area contributed by atoms with Crippen molar-refractivity contribution < 1.29 is 24.1 Å². The number of pyridine rings is 1. The summed E-state index contributed by atoms with van der Waals surface area (Å²) in [5, 5.41) is 20.7. The van der Waals surface area contributed by atoms with E-state index in [9.17, 15) is 14.3 Å². The van der Waals surface area contributed by atoms with Crippen LogP contribution in [-0.2, 0) is 4.79 Å². The van der Waals surface area contributed by atoms with Crippen LogP contribution in [0.4, 0.5) is 10.2 Å². The number of aliphatic carboxylic acids is 1. The third kappa shape index (κ3) is 5.14. The van der Waals surface area contributed by atoms with E-state index in [1.807, 2.05) is 13.8 Å². The van der Waals surface area contributed by atoms with Crippen molar-refractivity contribution in [2.75, 3.05) is 5.32 Å². The summed E-state index contributed by atoms with van der Waals surface area (Å²) in [4.78, 5) is 14.5. The lowest BCUT2D eigenvalue weighted by Gasteiger charge is -2.17. The summed E-state index contributed by atoms with van der Waals surface area (Å²) < 4.78 is 19.6. The Labute approximate surface area is 166 Å². The first kappa shape index (κ1) is 22.8. The van der Waals surface area contributed by atoms with E-state index in [1.165, 1.54) is 19.1 Å². The van der Waals surface area contributed by atoms with Gasteiger partial charge in [-0.1, -0.05) is 44.5 Å². The van der Waals surface area contributed by atoms with Gasteiger partial charge in [-0.2, -0.15) is 9.37 Å². The van der Waals surface area contributed by atoms with Crippen LogP contribution in [0.1, 0.15) is 39.7 Å². The zero-order chi connectivity index (χ0) is 19.6. The number of carboxylic acids is 1. The number of carbonyl (C=O) groups is 1. The number of aromatic nitrogens is 1. The minimum absolute atomic E-state index is 0. The molecule has 0 unspecified atom stereocenters. The van der Waals surface area contributed by atoms with E-state index >= 15 is 0 Å². The molecule has 0 aliphatic rings. The van der Waals surface area contributed by atoms with Crippen molar-refractivity contribution >= 4 is 35.0 Å². The molecule has 2 rings (SSSR count). The summed E-state index contributed by atoms with van der Waals surface area (Å²) >= 11 is 12.1. The van der Waals surface area contributed by atoms with Gasteiger partial charge in [0.15, 0.2) is 11.6 Å². The Balaban J connectivity index is 0.00000364. The van der Waals surface area contributed by atoms with Gasteiger partial charge in [-0.3, -0.25) is 4.79 Å². The Hall–Kier alpha value is -2.25. The third-order valence-electron chi connectivity index (χ3n) is 3.56. The van der Waals surface area contributed by atoms with Crippen molar-refractivity contribution in [2.24, 2.45) is 0 Å². The first-order valence-corrected chi connectivity index (χ1v) is 8.42. The van der Waals surface area contributed by atoms with Crippen LogP contribution in [0.15, 0.2) is 18.2 Å². The van der Waals surface area contributed by atoms with Crippen molar-refractivity contribution in [2.45, 2.75) is 40.2 Å². The lowest BCUT2D eigenvalue weighted by molar-refractivity contribution is -0.137. The highest BCUT2D eigenvalue weighted by Crippen LogP contribution is 2.42. The number of phenolic OH excluding ortho intramolecular Hbond substituents is 1. The van der Waals surface area contributed by atoms with Crippen LogP contribution in [0.3, 0.4) is 0 Å². The molecular weight excluding hydrogens is 398 g/mol. The number of rotatable bonds is 6. The number of aromatic hydroxyl groups is 1. The minimum atomic E-state index is -1.17. The molecule has 1 atom stereocenters. The van der Waals surface area contributed by atoms with Crippen LogP contribution in [0.2, 0.25) is 10.0 Å². The van der Waals surface area contributed by atoms with E-state index in [-0.39, 0.29) is 41.4 Å². The van der Waals surface area contributed by atoms with Crippen molar-refractivity contribution in [3.8, 4) is 17.2 Å². The number of ether oxygens (including phenoxy) is 1. The molecule has 0 aliphatic heterocycles. The molecule has 2 aromatic rings. The second kappa shape index (κ2) is 9.10. The maximum Gasteiger partial charge on any atom is 0.325 e. The van der Waals surface area contributed by atoms with Crippen LogP contribution in [-0.4, -0.2) is 27.2 Å². The Morgan fingerprint density at radius 3 is 2.44 bits per heavy atom. The lowest BCUT2D eigenvalue weighted by Crippen LogP contribution is -2.26. The number of anilines is 1. The van der Waals surface area contributed by atoms with Gasteiger partial charge in [0.25, 0.3) is 0 Å². The molecule has 0 bridgehead atoms. The Bertz CT molecular complexity index is 847. The Kier molecular flexibility index (Phi) is 7.68. The molecule has 1 aromatic carbocycles. The summed E-state index contributed by atoms with van der Waals surface area (Å²) in [5.74, 6) is -2.24. The van der Waals surface area contributed by atoms with Gasteiger partial charge in [-0.15, -0.1) is 0 Å². The number of phenols is 1. The van der Waals surface area contributed by atoms with E-state index in [0.29, 0.717) is 5.56 Å². The number of hydrogen-bond acceptors (Lipinski definition) is 5. The van der Waals surface area contributed by atoms with Gasteiger partial charge in [-0.25, -0.2) is 0 Å². The lowest BCUT2D eigenvalue weighted by atomic mass is 10.0. The fourth-order valence-electron chi connectivity index (χ4n) is 2.12. The summed E-state index contributed by atoms with van der Waals surface area (Å²) in [7, 11) is 0. The highest BCUT2D eigenvalue weighted by Gasteiger charge is 2.22. The van der Waals surface area contributed by atoms with E-state index < -0.39 is 23.0 Å². The molecule has 0 fully saturated rings. The third-order valence-corrected chi connectivity index (χ3v) is 4.24. The Morgan fingerprint density at radius 2 is 1.89 bits per heavy atom. The number of nitrogens with one attached hydrogen (secondary N) is 1. The van der Waals surface area contributed by atoms with Crippen LogP contribution < -0.4 is 10.1 Å². The quantitative estimate of drug-likeness (QED) is 0.523. The van der Waals surface area contributed by atoms with Crippen LogP contribution in [0.5, 0.6) is 17.2 Å². The molecule has 1 aromatic heterocycles. The van der Waals surface area contributed by atoms with E-state index in [2.05, 4.69) is 10.3 Å². The van der Waals surface area contributed by atoms with Crippen LogP contribution in [0.25, 0.3) is 0 Å². The molecule has 6 nitrogen and oxygen atoms in total. The molecule has 9 heteroatoms. The molecule has 0 aliphatic carbocycles. The summed E-state index contributed by atoms with van der Waals surface area (Å²) in [5.41, 5.74) is 0.627. The molecule has 0 spiro atoms. The van der Waals surface area contributed by atoms with Gasteiger partial charge >= 0.3 is 5.97 Å². The van der Waals surface area contributed by atoms with Crippen molar-refractivity contribution in [1.29, 1.82) is 0 Å². The topological polar surface area (TPSA) is 91.7 Å². The predicted molar refractivity (Wildman–Crippen MR) is 104 cm³/mol. The van der Waals surface area contributed by atoms with Crippen LogP contribution in [0, 0.1) is 5.95 Å². The van der Waals surface area contributed by atoms with Crippen molar-refractivity contribution in [3.63, 3.8) is 0 Å². The maximum atomic E-state index is 14.0. The van der Waals surface area contributed by atoms with Gasteiger partial charge in [-0.05, 0) is 31.0 Å². The van der Waals surface area contributed by atoms with Gasteiger partial charge < -0.3 is 20.3 Å². The van der Waals surface area contributed by atoms with Crippen molar-refractivity contribution in [3.05, 3.63) is 39.8 Å². The van der Waals surface area contributed by atoms with Gasteiger partial charge in [0.1, 0.15) is 27.6 Å². The van der Waals surface area contributed by atoms with Crippen LogP contribution >= 0.6 is 23.2 Å². The average Bonchev–Trinajstić information content (AvgIpc) is 2.57. The van der Waals surface area contributed by atoms with E-state index in [0.717, 1.165) is 0 Å². The zero-order valence-electron chi connectivity index (χ0n) is 14.2. The van der Waals surface area contributed by atoms with Crippen molar-refractivity contribution in [1.82, 2.24) is 4.98 Å². The molecule has 0 saturated heterocycles. The zero-order valence-corrected chi connectivity index (χ0v) is 15.7. The smallest absolute Gasteiger partial charge is 0.325 e. The SMILES string of the molecule is C.CC(C)c1cc(Oc2c(Cl)c(F)nc(N[C@H](C)C(=O)O)c2Cl)ccc1O. The molecule has 27 heavy (non-hydrogen) atoms. The fourth-order valence-corrected chi connectivity index (χ4v) is 2.58. The highest BCUT2D eigenvalue weighted by atomic mass is 35.5. The molecule has 3 N–H and O–H groups in total. The minimum Gasteiger partial charge on any atom is -0.508 e. The highest BCUT2D eigenvalue weighted by molar-refractivity contribution is 6.38. The number of benzene rings is 1. The first-order chi connectivity index (χ1) is 12.1. The average molecular weight is 419 g/mol. The summed E-state index contributed by atoms with van der Waals surface area (Å²) in [6, 6.07) is 3.43. The van der Waals surface area contributed by atoms with E-state index in [4.69, 9.17) is 33.0 Å². The second-order valence-corrected chi connectivity index (χ2v) is 6.65. The molecule has 0 amide bonds. The summed E-state index contributed by atoms with van der Waals surface area (Å²) in [6.45, 7) is 5.13. The number of carboxylic acid groups (broad SMARTS) is 1. The monoisotopic (exact) mass is 418 g/mol. The molecule has 0 radical (unpaired) electrons. The number of nitrogens with zero attached hydrogens (tertiary/aromatic N) is 1. The number of halogens is 3. The Morgan fingerprint density at radius 1 is 1.26 bits per heavy atom. The van der Waals surface area contributed by atoms with Gasteiger partial charge in [0.2, 0.25) is 5.95 Å². The van der Waals surface area contributed by atoms with Gasteiger partial charge in [0.05, 0.1) is 0 Å². The molecule has 0 saturated carbocycles. The fraction of sp³-hybridized carbons (Fsp3) is 0.333. The maximum absolute atomic E-state index is 14.0. The van der Waals surface area contributed by atoms with E-state index in [1.54, 1.807) is 6.07 Å². The standard InChI is InChI=1S/C17H17Cl2FN2O4.CH4/c1-7(2)10-6-9(4-5-11(10)23)26-14-12(18)15(20)22-16(13(14)19)21-8(3)17(24)25;/h4-8,23H,1-3H3,(H,21,22)(H,24,25);1H4/t8-;/m1./s1.